The summed E-state index contributed by atoms with van der Waals surface area (Å²) in [5.74, 6) is -0.128. The summed E-state index contributed by atoms with van der Waals surface area (Å²) in [4.78, 5) is 30.6. The largest absolute Gasteiger partial charge is 0.494 e. The topological polar surface area (TPSA) is 63.0 Å². The van der Waals surface area contributed by atoms with Gasteiger partial charge in [0.1, 0.15) is 17.1 Å². The van der Waals surface area contributed by atoms with Crippen LogP contribution in [0.2, 0.25) is 0 Å². The van der Waals surface area contributed by atoms with E-state index in [0.29, 0.717) is 18.9 Å². The first kappa shape index (κ1) is 23.0. The molecule has 2 heterocycles. The Kier molecular flexibility index (Phi) is 6.79. The van der Waals surface area contributed by atoms with E-state index in [1.54, 1.807) is 4.90 Å². The molecule has 0 radical (unpaired) electrons. The van der Waals surface area contributed by atoms with Gasteiger partial charge < -0.3 is 19.0 Å². The summed E-state index contributed by atoms with van der Waals surface area (Å²) in [5.41, 5.74) is 0.855. The maximum absolute atomic E-state index is 13.9. The van der Waals surface area contributed by atoms with E-state index in [0.717, 1.165) is 31.4 Å². The first-order valence-corrected chi connectivity index (χ1v) is 11.4. The van der Waals surface area contributed by atoms with Crippen LogP contribution in [0.5, 0.6) is 5.75 Å². The van der Waals surface area contributed by atoms with Crippen LogP contribution in [0.1, 0.15) is 53.9 Å². The fourth-order valence-electron chi connectivity index (χ4n) is 4.24. The molecule has 0 aliphatic carbocycles. The van der Waals surface area contributed by atoms with Gasteiger partial charge in [0.2, 0.25) is 5.76 Å². The summed E-state index contributed by atoms with van der Waals surface area (Å²) in [6, 6.07) is 10.7. The van der Waals surface area contributed by atoms with Gasteiger partial charge >= 0.3 is 0 Å². The van der Waals surface area contributed by atoms with Gasteiger partial charge in [-0.1, -0.05) is 25.5 Å². The van der Waals surface area contributed by atoms with Gasteiger partial charge in [0.15, 0.2) is 5.43 Å². The number of fused-ring (bicyclic) bond motifs is 2. The van der Waals surface area contributed by atoms with Gasteiger partial charge in [-0.25, -0.2) is 4.39 Å². The number of hydrogen-bond donors (Lipinski definition) is 0. The molecular formula is C26H29FN2O4. The SMILES string of the molecule is CCCCOc1cccc([C@H]2c3c(oc4ccc(F)cc4c3=O)C(=O)N2CCCN(C)C)c1. The molecule has 1 aliphatic heterocycles. The number of rotatable bonds is 9. The molecule has 7 heteroatoms. The number of nitrogens with zero attached hydrogens (tertiary/aromatic N) is 2. The average molecular weight is 453 g/mol. The van der Waals surface area contributed by atoms with Crippen molar-refractivity contribution in [2.75, 3.05) is 33.8 Å². The van der Waals surface area contributed by atoms with Crippen LogP contribution in [-0.4, -0.2) is 49.5 Å². The van der Waals surface area contributed by atoms with Crippen molar-refractivity contribution in [3.05, 3.63) is 75.4 Å². The van der Waals surface area contributed by atoms with E-state index >= 15 is 0 Å². The Labute approximate surface area is 192 Å². The summed E-state index contributed by atoms with van der Waals surface area (Å²) >= 11 is 0. The van der Waals surface area contributed by atoms with Gasteiger partial charge in [-0.15, -0.1) is 0 Å². The first-order chi connectivity index (χ1) is 15.9. The molecule has 0 bridgehead atoms. The third-order valence-electron chi connectivity index (χ3n) is 5.87. The molecule has 6 nitrogen and oxygen atoms in total. The number of ether oxygens (including phenoxy) is 1. The molecule has 0 N–H and O–H groups in total. The van der Waals surface area contributed by atoms with E-state index in [1.807, 2.05) is 43.3 Å². The van der Waals surface area contributed by atoms with Gasteiger partial charge in [0.05, 0.1) is 23.6 Å². The number of amides is 1. The Morgan fingerprint density at radius 2 is 1.94 bits per heavy atom. The number of hydrogen-bond acceptors (Lipinski definition) is 5. The summed E-state index contributed by atoms with van der Waals surface area (Å²) in [6.45, 7) is 3.94. The van der Waals surface area contributed by atoms with Crippen LogP contribution in [0.3, 0.4) is 0 Å². The Morgan fingerprint density at radius 3 is 2.70 bits per heavy atom. The summed E-state index contributed by atoms with van der Waals surface area (Å²) in [7, 11) is 3.95. The van der Waals surface area contributed by atoms with Crippen molar-refractivity contribution in [1.82, 2.24) is 9.80 Å². The minimum absolute atomic E-state index is 0.0336. The highest BCUT2D eigenvalue weighted by atomic mass is 19.1. The Bertz CT molecular complexity index is 1220. The molecule has 0 fully saturated rings. The molecule has 0 spiro atoms. The fourth-order valence-corrected chi connectivity index (χ4v) is 4.24. The number of benzene rings is 2. The molecule has 3 aromatic rings. The predicted molar refractivity (Wildman–Crippen MR) is 125 cm³/mol. The smallest absolute Gasteiger partial charge is 0.290 e. The zero-order chi connectivity index (χ0) is 23.5. The van der Waals surface area contributed by atoms with Crippen molar-refractivity contribution < 1.29 is 18.3 Å². The molecule has 1 aliphatic rings. The summed E-state index contributed by atoms with van der Waals surface area (Å²) in [6.07, 6.45) is 2.69. The minimum atomic E-state index is -0.617. The highest BCUT2D eigenvalue weighted by Gasteiger charge is 2.42. The number of halogens is 1. The van der Waals surface area contributed by atoms with Gasteiger partial charge in [-0.2, -0.15) is 0 Å². The lowest BCUT2D eigenvalue weighted by molar-refractivity contribution is 0.0722. The van der Waals surface area contributed by atoms with E-state index < -0.39 is 11.9 Å². The van der Waals surface area contributed by atoms with Crippen LogP contribution in [0.4, 0.5) is 4.39 Å². The van der Waals surface area contributed by atoms with Crippen LogP contribution in [0, 0.1) is 5.82 Å². The standard InChI is InChI=1S/C26H29FN2O4/c1-4-5-14-32-19-9-6-8-17(15-19)23-22-24(30)20-16-18(27)10-11-21(20)33-25(22)26(31)29(23)13-7-12-28(2)3/h6,8-11,15-16,23H,4-5,7,12-14H2,1-3H3/t23-/m0/s1. The lowest BCUT2D eigenvalue weighted by Crippen LogP contribution is -2.32. The molecule has 174 valence electrons. The van der Waals surface area contributed by atoms with Crippen LogP contribution < -0.4 is 10.2 Å². The molecule has 1 aromatic heterocycles. The van der Waals surface area contributed by atoms with Crippen molar-refractivity contribution in [3.63, 3.8) is 0 Å². The molecule has 1 atom stereocenters. The zero-order valence-electron chi connectivity index (χ0n) is 19.3. The van der Waals surface area contributed by atoms with Gasteiger partial charge in [-0.05, 0) is 69.4 Å². The number of carbonyl (C=O) groups is 1. The molecule has 0 saturated carbocycles. The first-order valence-electron chi connectivity index (χ1n) is 11.4. The Hall–Kier alpha value is -3.19. The van der Waals surface area contributed by atoms with Crippen molar-refractivity contribution in [2.45, 2.75) is 32.2 Å². The highest BCUT2D eigenvalue weighted by Crippen LogP contribution is 2.39. The van der Waals surface area contributed by atoms with Gasteiger partial charge in [0, 0.05) is 6.54 Å². The zero-order valence-corrected chi connectivity index (χ0v) is 19.3. The Balaban J connectivity index is 1.81. The molecule has 1 amide bonds. The minimum Gasteiger partial charge on any atom is -0.494 e. The second kappa shape index (κ2) is 9.75. The van der Waals surface area contributed by atoms with E-state index in [4.69, 9.17) is 9.15 Å². The maximum atomic E-state index is 13.9. The predicted octanol–water partition coefficient (Wildman–Crippen LogP) is 4.61. The molecule has 0 unspecified atom stereocenters. The molecule has 2 aromatic carbocycles. The normalized spacial score (nSPS) is 15.5. The Morgan fingerprint density at radius 1 is 1.12 bits per heavy atom. The van der Waals surface area contributed by atoms with Crippen LogP contribution in [-0.2, 0) is 0 Å². The third kappa shape index (κ3) is 4.64. The fraction of sp³-hybridized carbons (Fsp3) is 0.385. The second-order valence-electron chi connectivity index (χ2n) is 8.65. The van der Waals surface area contributed by atoms with Gasteiger partial charge in [0.25, 0.3) is 5.91 Å². The molecule has 33 heavy (non-hydrogen) atoms. The summed E-state index contributed by atoms with van der Waals surface area (Å²) < 4.78 is 25.6. The average Bonchev–Trinajstić information content (AvgIpc) is 3.07. The quantitative estimate of drug-likeness (QED) is 0.444. The second-order valence-corrected chi connectivity index (χ2v) is 8.65. The molecular weight excluding hydrogens is 423 g/mol. The lowest BCUT2D eigenvalue weighted by Gasteiger charge is -2.26. The number of unbranched alkanes of at least 4 members (excludes halogenated alkanes) is 1. The van der Waals surface area contributed by atoms with Crippen LogP contribution >= 0.6 is 0 Å². The maximum Gasteiger partial charge on any atom is 0.290 e. The van der Waals surface area contributed by atoms with Crippen molar-refractivity contribution in [2.24, 2.45) is 0 Å². The van der Waals surface area contributed by atoms with Crippen molar-refractivity contribution in [3.8, 4) is 5.75 Å². The van der Waals surface area contributed by atoms with Gasteiger partial charge in [-0.3, -0.25) is 9.59 Å². The number of carbonyl (C=O) groups excluding carboxylic acids is 1. The van der Waals surface area contributed by atoms with E-state index in [-0.39, 0.29) is 33.6 Å². The summed E-state index contributed by atoms with van der Waals surface area (Å²) in [5, 5.41) is 0.136. The van der Waals surface area contributed by atoms with Crippen molar-refractivity contribution in [1.29, 1.82) is 0 Å². The van der Waals surface area contributed by atoms with Crippen molar-refractivity contribution >= 4 is 16.9 Å². The molecule has 0 saturated heterocycles. The van der Waals surface area contributed by atoms with E-state index in [1.165, 1.54) is 18.2 Å². The third-order valence-corrected chi connectivity index (χ3v) is 5.87. The lowest BCUT2D eigenvalue weighted by atomic mass is 9.98. The highest BCUT2D eigenvalue weighted by molar-refractivity contribution is 5.99. The van der Waals surface area contributed by atoms with Crippen LogP contribution in [0.25, 0.3) is 11.0 Å². The van der Waals surface area contributed by atoms with Crippen LogP contribution in [0.15, 0.2) is 51.7 Å². The monoisotopic (exact) mass is 452 g/mol. The van der Waals surface area contributed by atoms with E-state index in [2.05, 4.69) is 6.92 Å². The van der Waals surface area contributed by atoms with E-state index in [9.17, 15) is 14.0 Å². The molecule has 4 rings (SSSR count).